The Labute approximate surface area is 57.5 Å². The third-order valence-corrected chi connectivity index (χ3v) is 2.14. The van der Waals surface area contributed by atoms with Gasteiger partial charge < -0.3 is 0 Å². The quantitative estimate of drug-likeness (QED) is 0.569. The Morgan fingerprint density at radius 2 is 1.89 bits per heavy atom. The van der Waals surface area contributed by atoms with Crippen molar-refractivity contribution in [1.29, 1.82) is 0 Å². The van der Waals surface area contributed by atoms with Gasteiger partial charge in [-0.2, -0.15) is 0 Å². The van der Waals surface area contributed by atoms with Crippen LogP contribution in [0.25, 0.3) is 0 Å². The highest BCUT2D eigenvalue weighted by Gasteiger charge is 2.13. The summed E-state index contributed by atoms with van der Waals surface area (Å²) in [6.07, 6.45) is 1.10. The molecule has 1 heteroatoms. The van der Waals surface area contributed by atoms with Gasteiger partial charge in [0.05, 0.1) is 0 Å². The molecule has 2 atom stereocenters. The van der Waals surface area contributed by atoms with E-state index in [9.17, 15) is 4.79 Å². The monoisotopic (exact) mass is 128 g/mol. The van der Waals surface area contributed by atoms with Crippen LogP contribution in [0, 0.1) is 11.8 Å². The lowest BCUT2D eigenvalue weighted by Crippen LogP contribution is -2.14. The highest BCUT2D eigenvalue weighted by Crippen LogP contribution is 2.14. The van der Waals surface area contributed by atoms with E-state index in [2.05, 4.69) is 13.8 Å². The fourth-order valence-corrected chi connectivity index (χ4v) is 0.754. The van der Waals surface area contributed by atoms with E-state index in [-0.39, 0.29) is 5.92 Å². The molecule has 0 aliphatic rings. The normalized spacial score (nSPS) is 16.9. The SMILES string of the molecule is CC[C@@H](C)[C@H](C)C(C)=O. The van der Waals surface area contributed by atoms with E-state index >= 15 is 0 Å². The maximum absolute atomic E-state index is 10.7. The summed E-state index contributed by atoms with van der Waals surface area (Å²) < 4.78 is 0. The molecule has 0 aliphatic carbocycles. The summed E-state index contributed by atoms with van der Waals surface area (Å²) in [5.74, 6) is 1.10. The third kappa shape index (κ3) is 2.64. The van der Waals surface area contributed by atoms with Crippen LogP contribution in [0.3, 0.4) is 0 Å². The van der Waals surface area contributed by atoms with Gasteiger partial charge in [-0.05, 0) is 12.8 Å². The van der Waals surface area contributed by atoms with Gasteiger partial charge in [0.1, 0.15) is 5.78 Å². The van der Waals surface area contributed by atoms with Gasteiger partial charge >= 0.3 is 0 Å². The Morgan fingerprint density at radius 3 is 2.00 bits per heavy atom. The van der Waals surface area contributed by atoms with Gasteiger partial charge in [-0.15, -0.1) is 0 Å². The molecule has 0 saturated carbocycles. The lowest BCUT2D eigenvalue weighted by molar-refractivity contribution is -0.121. The molecule has 0 fully saturated rings. The van der Waals surface area contributed by atoms with Gasteiger partial charge in [0.15, 0.2) is 0 Å². The van der Waals surface area contributed by atoms with Crippen LogP contribution in [0.15, 0.2) is 0 Å². The summed E-state index contributed by atoms with van der Waals surface area (Å²) in [7, 11) is 0. The van der Waals surface area contributed by atoms with Crippen molar-refractivity contribution in [2.45, 2.75) is 34.1 Å². The zero-order chi connectivity index (χ0) is 7.44. The van der Waals surface area contributed by atoms with Crippen molar-refractivity contribution in [3.05, 3.63) is 0 Å². The fourth-order valence-electron chi connectivity index (χ4n) is 0.754. The van der Waals surface area contributed by atoms with Crippen LogP contribution in [-0.4, -0.2) is 5.78 Å². The molecule has 54 valence electrons. The smallest absolute Gasteiger partial charge is 0.132 e. The van der Waals surface area contributed by atoms with Gasteiger partial charge in [0.25, 0.3) is 0 Å². The number of hydrogen-bond donors (Lipinski definition) is 0. The lowest BCUT2D eigenvalue weighted by Gasteiger charge is -2.13. The predicted molar refractivity (Wildman–Crippen MR) is 39.3 cm³/mol. The van der Waals surface area contributed by atoms with Gasteiger partial charge in [0.2, 0.25) is 0 Å². The Bertz CT molecular complexity index is 96.7. The zero-order valence-corrected chi connectivity index (χ0v) is 6.77. The molecule has 9 heavy (non-hydrogen) atoms. The molecular weight excluding hydrogens is 112 g/mol. The number of rotatable bonds is 3. The summed E-state index contributed by atoms with van der Waals surface area (Å²) in [5.41, 5.74) is 0. The minimum Gasteiger partial charge on any atom is -0.300 e. The van der Waals surface area contributed by atoms with Gasteiger partial charge in [-0.3, -0.25) is 4.79 Å². The molecule has 0 aromatic rings. The van der Waals surface area contributed by atoms with Crippen molar-refractivity contribution < 1.29 is 4.79 Å². The first kappa shape index (κ1) is 8.67. The second-order valence-electron chi connectivity index (χ2n) is 2.78. The van der Waals surface area contributed by atoms with Crippen molar-refractivity contribution >= 4 is 5.78 Å². The maximum Gasteiger partial charge on any atom is 0.132 e. The molecule has 0 heterocycles. The molecule has 0 N–H and O–H groups in total. The largest absolute Gasteiger partial charge is 0.300 e. The molecule has 0 saturated heterocycles. The van der Waals surface area contributed by atoms with E-state index in [4.69, 9.17) is 0 Å². The number of carbonyl (C=O) groups is 1. The summed E-state index contributed by atoms with van der Waals surface area (Å²) in [6, 6.07) is 0. The number of carbonyl (C=O) groups excluding carboxylic acids is 1. The van der Waals surface area contributed by atoms with Crippen molar-refractivity contribution in [3.63, 3.8) is 0 Å². The lowest BCUT2D eigenvalue weighted by atomic mass is 9.91. The molecule has 0 aliphatic heterocycles. The van der Waals surface area contributed by atoms with Gasteiger partial charge in [-0.25, -0.2) is 0 Å². The molecule has 0 amide bonds. The molecular formula is C8H16O. The average Bonchev–Trinajstić information content (AvgIpc) is 1.84. The molecule has 0 rings (SSSR count). The van der Waals surface area contributed by atoms with E-state index < -0.39 is 0 Å². The zero-order valence-electron chi connectivity index (χ0n) is 6.77. The standard InChI is InChI=1S/C8H16O/c1-5-6(2)7(3)8(4)9/h6-7H,5H2,1-4H3/t6-,7+/m1/s1. The van der Waals surface area contributed by atoms with Crippen LogP contribution >= 0.6 is 0 Å². The van der Waals surface area contributed by atoms with Crippen molar-refractivity contribution in [2.24, 2.45) is 11.8 Å². The Kier molecular flexibility index (Phi) is 3.52. The van der Waals surface area contributed by atoms with Crippen LogP contribution in [0.2, 0.25) is 0 Å². The second-order valence-corrected chi connectivity index (χ2v) is 2.78. The first-order chi connectivity index (χ1) is 4.09. The summed E-state index contributed by atoms with van der Waals surface area (Å²) in [4.78, 5) is 10.7. The highest BCUT2D eigenvalue weighted by atomic mass is 16.1. The molecule has 0 spiro atoms. The molecule has 0 radical (unpaired) electrons. The average molecular weight is 128 g/mol. The summed E-state index contributed by atoms with van der Waals surface area (Å²) >= 11 is 0. The highest BCUT2D eigenvalue weighted by molar-refractivity contribution is 5.78. The first-order valence-electron chi connectivity index (χ1n) is 3.60. The minimum absolute atomic E-state index is 0.245. The Hall–Kier alpha value is -0.330. The number of ketones is 1. The van der Waals surface area contributed by atoms with Crippen molar-refractivity contribution in [1.82, 2.24) is 0 Å². The van der Waals surface area contributed by atoms with Crippen LogP contribution in [0.1, 0.15) is 34.1 Å². The van der Waals surface area contributed by atoms with Crippen LogP contribution in [0.4, 0.5) is 0 Å². The molecule has 0 aromatic heterocycles. The topological polar surface area (TPSA) is 17.1 Å². The summed E-state index contributed by atoms with van der Waals surface area (Å²) in [5, 5.41) is 0. The Balaban J connectivity index is 3.72. The van der Waals surface area contributed by atoms with Crippen molar-refractivity contribution in [3.8, 4) is 0 Å². The minimum atomic E-state index is 0.245. The fraction of sp³-hybridized carbons (Fsp3) is 0.875. The number of hydrogen-bond acceptors (Lipinski definition) is 1. The first-order valence-corrected chi connectivity index (χ1v) is 3.60. The molecule has 0 unspecified atom stereocenters. The summed E-state index contributed by atoms with van der Waals surface area (Å²) in [6.45, 7) is 7.89. The van der Waals surface area contributed by atoms with Crippen LogP contribution < -0.4 is 0 Å². The maximum atomic E-state index is 10.7. The van der Waals surface area contributed by atoms with Crippen molar-refractivity contribution in [2.75, 3.05) is 0 Å². The van der Waals surface area contributed by atoms with Gasteiger partial charge in [-0.1, -0.05) is 27.2 Å². The van der Waals surface area contributed by atoms with E-state index in [0.717, 1.165) is 6.42 Å². The van der Waals surface area contributed by atoms with E-state index in [0.29, 0.717) is 11.7 Å². The Morgan fingerprint density at radius 1 is 1.44 bits per heavy atom. The van der Waals surface area contributed by atoms with E-state index in [1.165, 1.54) is 0 Å². The van der Waals surface area contributed by atoms with E-state index in [1.54, 1.807) is 6.92 Å². The van der Waals surface area contributed by atoms with E-state index in [1.807, 2.05) is 6.92 Å². The molecule has 0 bridgehead atoms. The second kappa shape index (κ2) is 3.65. The van der Waals surface area contributed by atoms with Crippen LogP contribution in [-0.2, 0) is 4.79 Å². The number of Topliss-reactive ketones (excluding diaryl/α,β-unsaturated/α-hetero) is 1. The van der Waals surface area contributed by atoms with Gasteiger partial charge in [0, 0.05) is 5.92 Å². The molecule has 0 aromatic carbocycles. The third-order valence-electron chi connectivity index (χ3n) is 2.14. The molecule has 1 nitrogen and oxygen atoms in total. The van der Waals surface area contributed by atoms with Crippen LogP contribution in [0.5, 0.6) is 0 Å². The predicted octanol–water partition coefficient (Wildman–Crippen LogP) is 2.26.